The molecule has 1 amide bonds. The second-order valence-electron chi connectivity index (χ2n) is 9.78. The van der Waals surface area contributed by atoms with Crippen LogP contribution in [0.1, 0.15) is 44.2 Å². The highest BCUT2D eigenvalue weighted by molar-refractivity contribution is 5.82. The molecule has 2 aromatic rings. The third-order valence-corrected chi connectivity index (χ3v) is 7.12. The van der Waals surface area contributed by atoms with Gasteiger partial charge in [0.05, 0.1) is 12.1 Å². The van der Waals surface area contributed by atoms with Crippen molar-refractivity contribution in [2.24, 2.45) is 0 Å². The second kappa shape index (κ2) is 12.0. The summed E-state index contributed by atoms with van der Waals surface area (Å²) in [5.41, 5.74) is 2.96. The average Bonchev–Trinajstić information content (AvgIpc) is 3.75. The minimum atomic E-state index is -4.59. The molecule has 0 radical (unpaired) electrons. The molecule has 1 heterocycles. The summed E-state index contributed by atoms with van der Waals surface area (Å²) in [7, 11) is 0. The SMILES string of the molecule is CCC[C@H](NC(c1ccc(-c2ccc(N3CCN(C4CC4)CC3)cc2)cc1)C(F)(F)F)C(=O)NCC#N. The lowest BCUT2D eigenvalue weighted by Crippen LogP contribution is -2.49. The molecule has 1 aliphatic heterocycles. The van der Waals surface area contributed by atoms with Gasteiger partial charge >= 0.3 is 6.18 Å². The van der Waals surface area contributed by atoms with E-state index >= 15 is 0 Å². The van der Waals surface area contributed by atoms with Crippen LogP contribution in [0.3, 0.4) is 0 Å². The van der Waals surface area contributed by atoms with Crippen molar-refractivity contribution in [3.05, 3.63) is 54.1 Å². The van der Waals surface area contributed by atoms with Crippen LogP contribution in [-0.2, 0) is 4.79 Å². The molecule has 4 rings (SSSR count). The number of anilines is 1. The summed E-state index contributed by atoms with van der Waals surface area (Å²) in [5.74, 6) is -0.608. The minimum Gasteiger partial charge on any atom is -0.369 e. The van der Waals surface area contributed by atoms with Crippen LogP contribution in [0.2, 0.25) is 0 Å². The van der Waals surface area contributed by atoms with Gasteiger partial charge in [0.1, 0.15) is 12.6 Å². The highest BCUT2D eigenvalue weighted by atomic mass is 19.4. The van der Waals surface area contributed by atoms with E-state index in [0.717, 1.165) is 49.0 Å². The van der Waals surface area contributed by atoms with Crippen LogP contribution >= 0.6 is 0 Å². The fourth-order valence-corrected chi connectivity index (χ4v) is 4.93. The zero-order valence-corrected chi connectivity index (χ0v) is 21.1. The number of piperazine rings is 1. The van der Waals surface area contributed by atoms with Crippen molar-refractivity contribution < 1.29 is 18.0 Å². The van der Waals surface area contributed by atoms with Gasteiger partial charge in [0.2, 0.25) is 5.91 Å². The first kappa shape index (κ1) is 27.0. The molecule has 0 aromatic heterocycles. The first-order valence-electron chi connectivity index (χ1n) is 13.0. The Morgan fingerprint density at radius 1 is 1.03 bits per heavy atom. The van der Waals surface area contributed by atoms with Gasteiger partial charge in [-0.05, 0) is 48.1 Å². The molecule has 1 unspecified atom stereocenters. The Balaban J connectivity index is 1.43. The molecule has 6 nitrogen and oxygen atoms in total. The quantitative estimate of drug-likeness (QED) is 0.453. The Bertz CT molecular complexity index is 1070. The van der Waals surface area contributed by atoms with Gasteiger partial charge in [0, 0.05) is 37.9 Å². The summed E-state index contributed by atoms with van der Waals surface area (Å²) in [6.45, 7) is 5.72. The standard InChI is InChI=1S/C28H34F3N5O/c1-2-3-25(27(37)33-15-14-32)34-26(28(29,30)31)22-6-4-20(5-7-22)21-8-10-23(11-9-21)35-16-18-36(19-17-35)24-12-13-24/h4-11,24-26,34H,2-3,12-13,15-19H2,1H3,(H,33,37)/t25-,26?/m0/s1. The van der Waals surface area contributed by atoms with Crippen molar-refractivity contribution in [2.75, 3.05) is 37.6 Å². The molecule has 2 aliphatic rings. The van der Waals surface area contributed by atoms with Gasteiger partial charge in [-0.1, -0.05) is 49.7 Å². The van der Waals surface area contributed by atoms with Crippen molar-refractivity contribution in [1.82, 2.24) is 15.5 Å². The van der Waals surface area contributed by atoms with Gasteiger partial charge in [0.25, 0.3) is 0 Å². The number of nitrogens with one attached hydrogen (secondary N) is 2. The first-order valence-corrected chi connectivity index (χ1v) is 13.0. The van der Waals surface area contributed by atoms with E-state index in [1.165, 1.54) is 25.0 Å². The lowest BCUT2D eigenvalue weighted by Gasteiger charge is -2.36. The number of amides is 1. The lowest BCUT2D eigenvalue weighted by atomic mass is 9.99. The molecule has 9 heteroatoms. The number of benzene rings is 2. The van der Waals surface area contributed by atoms with E-state index in [4.69, 9.17) is 5.26 Å². The molecule has 0 spiro atoms. The number of carbonyl (C=O) groups excluding carboxylic acids is 1. The van der Waals surface area contributed by atoms with E-state index in [1.807, 2.05) is 12.1 Å². The number of alkyl halides is 3. The molecule has 2 fully saturated rings. The Morgan fingerprint density at radius 2 is 1.62 bits per heavy atom. The average molecular weight is 514 g/mol. The monoisotopic (exact) mass is 513 g/mol. The van der Waals surface area contributed by atoms with Crippen LogP contribution in [0.4, 0.5) is 18.9 Å². The maximum Gasteiger partial charge on any atom is 0.407 e. The Kier molecular flexibility index (Phi) is 8.72. The summed E-state index contributed by atoms with van der Waals surface area (Å²) in [6, 6.07) is 14.0. The number of nitriles is 1. The lowest BCUT2D eigenvalue weighted by molar-refractivity contribution is -0.161. The number of hydrogen-bond acceptors (Lipinski definition) is 5. The van der Waals surface area contributed by atoms with Crippen molar-refractivity contribution in [2.45, 2.75) is 56.9 Å². The van der Waals surface area contributed by atoms with E-state index in [1.54, 1.807) is 25.1 Å². The Morgan fingerprint density at radius 3 is 2.14 bits per heavy atom. The third kappa shape index (κ3) is 7.02. The second-order valence-corrected chi connectivity index (χ2v) is 9.78. The summed E-state index contributed by atoms with van der Waals surface area (Å²) >= 11 is 0. The topological polar surface area (TPSA) is 71.4 Å². The molecule has 1 saturated heterocycles. The van der Waals surface area contributed by atoms with E-state index < -0.39 is 24.2 Å². The van der Waals surface area contributed by atoms with Gasteiger partial charge in [-0.3, -0.25) is 15.0 Å². The zero-order chi connectivity index (χ0) is 26.4. The number of nitrogens with zero attached hydrogens (tertiary/aromatic N) is 3. The third-order valence-electron chi connectivity index (χ3n) is 7.12. The summed E-state index contributed by atoms with van der Waals surface area (Å²) in [4.78, 5) is 17.3. The molecular weight excluding hydrogens is 479 g/mol. The maximum atomic E-state index is 14.0. The molecule has 1 aliphatic carbocycles. The number of carbonyl (C=O) groups is 1. The predicted octanol–water partition coefficient (Wildman–Crippen LogP) is 4.64. The smallest absolute Gasteiger partial charge is 0.369 e. The summed E-state index contributed by atoms with van der Waals surface area (Å²) in [6.07, 6.45) is -1.19. The highest BCUT2D eigenvalue weighted by Gasteiger charge is 2.42. The van der Waals surface area contributed by atoms with Gasteiger partial charge < -0.3 is 10.2 Å². The number of halogens is 3. The van der Waals surface area contributed by atoms with E-state index in [2.05, 4.69) is 32.6 Å². The van der Waals surface area contributed by atoms with Crippen LogP contribution < -0.4 is 15.5 Å². The van der Waals surface area contributed by atoms with Gasteiger partial charge in [0.15, 0.2) is 0 Å². The zero-order valence-electron chi connectivity index (χ0n) is 21.1. The Labute approximate surface area is 216 Å². The number of hydrogen-bond donors (Lipinski definition) is 2. The van der Waals surface area contributed by atoms with E-state index in [0.29, 0.717) is 6.42 Å². The van der Waals surface area contributed by atoms with E-state index in [9.17, 15) is 18.0 Å². The largest absolute Gasteiger partial charge is 0.407 e. The number of rotatable bonds is 10. The maximum absolute atomic E-state index is 14.0. The van der Waals surface area contributed by atoms with E-state index in [-0.39, 0.29) is 18.5 Å². The molecule has 198 valence electrons. The van der Waals surface area contributed by atoms with Crippen LogP contribution in [0.5, 0.6) is 0 Å². The fourth-order valence-electron chi connectivity index (χ4n) is 4.93. The minimum absolute atomic E-state index is 0.0376. The molecule has 2 atom stereocenters. The van der Waals surface area contributed by atoms with Crippen molar-refractivity contribution >= 4 is 11.6 Å². The highest BCUT2D eigenvalue weighted by Crippen LogP contribution is 2.35. The first-order chi connectivity index (χ1) is 17.8. The van der Waals surface area contributed by atoms with Gasteiger partial charge in [-0.25, -0.2) is 0 Å². The fraction of sp³-hybridized carbons (Fsp3) is 0.500. The molecule has 1 saturated carbocycles. The Hall–Kier alpha value is -3.09. The molecule has 2 aromatic carbocycles. The van der Waals surface area contributed by atoms with Crippen LogP contribution in [0, 0.1) is 11.3 Å². The van der Waals surface area contributed by atoms with Crippen molar-refractivity contribution in [3.63, 3.8) is 0 Å². The molecular formula is C28H34F3N5O. The van der Waals surface area contributed by atoms with Crippen LogP contribution in [0.15, 0.2) is 48.5 Å². The summed E-state index contributed by atoms with van der Waals surface area (Å²) in [5, 5.41) is 13.5. The normalized spacial score (nSPS) is 18.2. The van der Waals surface area contributed by atoms with Gasteiger partial charge in [-0.15, -0.1) is 0 Å². The van der Waals surface area contributed by atoms with Crippen LogP contribution in [0.25, 0.3) is 11.1 Å². The molecule has 0 bridgehead atoms. The van der Waals surface area contributed by atoms with Crippen molar-refractivity contribution in [1.29, 1.82) is 5.26 Å². The summed E-state index contributed by atoms with van der Waals surface area (Å²) < 4.78 is 42.0. The van der Waals surface area contributed by atoms with Crippen molar-refractivity contribution in [3.8, 4) is 17.2 Å². The molecule has 37 heavy (non-hydrogen) atoms. The van der Waals surface area contributed by atoms with Crippen LogP contribution in [-0.4, -0.2) is 61.8 Å². The predicted molar refractivity (Wildman–Crippen MR) is 138 cm³/mol. The molecule has 2 N–H and O–H groups in total. The van der Waals surface area contributed by atoms with Gasteiger partial charge in [-0.2, -0.15) is 18.4 Å².